The van der Waals surface area contributed by atoms with Crippen LogP contribution in [0.1, 0.15) is 49.4 Å². The van der Waals surface area contributed by atoms with E-state index in [0.717, 1.165) is 57.4 Å². The van der Waals surface area contributed by atoms with Crippen molar-refractivity contribution in [2.24, 2.45) is 0 Å². The Bertz CT molecular complexity index is 895. The summed E-state index contributed by atoms with van der Waals surface area (Å²) < 4.78 is 39.4. The number of nitrogens with zero attached hydrogens (tertiary/aromatic N) is 3. The van der Waals surface area contributed by atoms with Crippen LogP contribution in [0.15, 0.2) is 23.1 Å². The summed E-state index contributed by atoms with van der Waals surface area (Å²) in [6.07, 6.45) is 4.45. The molecule has 9 heteroatoms. The van der Waals surface area contributed by atoms with Crippen molar-refractivity contribution in [3.8, 4) is 0 Å². The molecule has 0 aliphatic carbocycles. The number of likely N-dealkylation sites (N-methyl/N-ethyl adjacent to an activating group) is 1. The fourth-order valence-electron chi connectivity index (χ4n) is 4.78. The van der Waals surface area contributed by atoms with Crippen LogP contribution >= 0.6 is 0 Å². The number of sulfonamides is 1. The predicted molar refractivity (Wildman–Crippen MR) is 123 cm³/mol. The van der Waals surface area contributed by atoms with E-state index in [9.17, 15) is 13.2 Å². The van der Waals surface area contributed by atoms with Crippen LogP contribution in [0.2, 0.25) is 0 Å². The molecule has 0 bridgehead atoms. The van der Waals surface area contributed by atoms with Gasteiger partial charge in [0.1, 0.15) is 6.10 Å². The van der Waals surface area contributed by atoms with Crippen molar-refractivity contribution in [3.05, 3.63) is 23.8 Å². The summed E-state index contributed by atoms with van der Waals surface area (Å²) in [6.45, 7) is 8.31. The Balaban J connectivity index is 1.62. The van der Waals surface area contributed by atoms with Crippen LogP contribution in [0.4, 0.5) is 5.69 Å². The molecule has 3 saturated heterocycles. The number of hydrogen-bond acceptors (Lipinski definition) is 7. The Morgan fingerprint density at radius 2 is 1.81 bits per heavy atom. The van der Waals surface area contributed by atoms with E-state index in [1.165, 1.54) is 10.4 Å². The van der Waals surface area contributed by atoms with Gasteiger partial charge in [-0.05, 0) is 57.0 Å². The van der Waals surface area contributed by atoms with Crippen molar-refractivity contribution in [3.63, 3.8) is 0 Å². The molecule has 3 fully saturated rings. The van der Waals surface area contributed by atoms with Gasteiger partial charge in [-0.3, -0.25) is 4.90 Å². The summed E-state index contributed by atoms with van der Waals surface area (Å²) in [4.78, 5) is 17.8. The highest BCUT2D eigenvalue weighted by Crippen LogP contribution is 2.29. The zero-order valence-corrected chi connectivity index (χ0v) is 19.8. The average Bonchev–Trinajstić information content (AvgIpc) is 2.85. The maximum atomic E-state index is 13.3. The second kappa shape index (κ2) is 10.5. The Labute approximate surface area is 191 Å². The highest BCUT2D eigenvalue weighted by molar-refractivity contribution is 7.89. The summed E-state index contributed by atoms with van der Waals surface area (Å²) >= 11 is 0. The molecule has 3 aliphatic heterocycles. The first-order chi connectivity index (χ1) is 15.5. The third kappa shape index (κ3) is 5.27. The third-order valence-corrected chi connectivity index (χ3v) is 8.57. The fourth-order valence-corrected chi connectivity index (χ4v) is 6.33. The Morgan fingerprint density at radius 1 is 1.06 bits per heavy atom. The molecule has 1 unspecified atom stereocenters. The van der Waals surface area contributed by atoms with E-state index in [-0.39, 0.29) is 11.0 Å². The van der Waals surface area contributed by atoms with Crippen LogP contribution in [0.3, 0.4) is 0 Å². The molecule has 3 aliphatic rings. The van der Waals surface area contributed by atoms with Gasteiger partial charge in [-0.2, -0.15) is 4.31 Å². The van der Waals surface area contributed by atoms with E-state index >= 15 is 0 Å². The third-order valence-electron chi connectivity index (χ3n) is 6.68. The number of rotatable bonds is 6. The Morgan fingerprint density at radius 3 is 2.53 bits per heavy atom. The first-order valence-corrected chi connectivity index (χ1v) is 13.3. The van der Waals surface area contributed by atoms with E-state index in [1.54, 1.807) is 12.1 Å². The van der Waals surface area contributed by atoms with Crippen molar-refractivity contribution in [1.29, 1.82) is 0 Å². The van der Waals surface area contributed by atoms with E-state index in [1.807, 2.05) is 0 Å². The quantitative estimate of drug-likeness (QED) is 0.597. The van der Waals surface area contributed by atoms with Crippen molar-refractivity contribution in [2.75, 3.05) is 63.9 Å². The smallest absolute Gasteiger partial charge is 0.340 e. The number of likely N-dealkylation sites (tertiary alicyclic amines) is 1. The average molecular weight is 466 g/mol. The molecule has 178 valence electrons. The minimum Gasteiger partial charge on any atom is -0.457 e. The number of piperidine rings is 2. The normalized spacial score (nSPS) is 23.8. The second-order valence-electron chi connectivity index (χ2n) is 8.81. The summed E-state index contributed by atoms with van der Waals surface area (Å²) in [5, 5.41) is 0. The van der Waals surface area contributed by atoms with Crippen LogP contribution in [-0.2, 0) is 19.5 Å². The van der Waals surface area contributed by atoms with Gasteiger partial charge in [0.25, 0.3) is 0 Å². The molecule has 0 aromatic heterocycles. The molecule has 4 rings (SSSR count). The van der Waals surface area contributed by atoms with Crippen molar-refractivity contribution >= 4 is 21.7 Å². The summed E-state index contributed by atoms with van der Waals surface area (Å²) in [5.41, 5.74) is 1.05. The molecule has 3 heterocycles. The zero-order chi connectivity index (χ0) is 22.6. The standard InChI is InChI=1S/C23H35N3O5S/c1-2-24-10-6-7-19(18-24)31-23(27)21-17-20(32(28,29)26-11-4-3-5-12-26)8-9-22(21)25-13-15-30-16-14-25/h8-9,17,19H,2-7,10-16,18H2,1H3. The number of carbonyl (C=O) groups excluding carboxylic acids is 1. The lowest BCUT2D eigenvalue weighted by Crippen LogP contribution is -2.41. The lowest BCUT2D eigenvalue weighted by atomic mass is 10.1. The highest BCUT2D eigenvalue weighted by atomic mass is 32.2. The molecule has 8 nitrogen and oxygen atoms in total. The first kappa shape index (κ1) is 23.5. The van der Waals surface area contributed by atoms with Gasteiger partial charge < -0.3 is 14.4 Å². The minimum absolute atomic E-state index is 0.169. The molecule has 0 spiro atoms. The molecule has 1 atom stereocenters. The van der Waals surface area contributed by atoms with Gasteiger partial charge in [0, 0.05) is 32.7 Å². The highest BCUT2D eigenvalue weighted by Gasteiger charge is 2.30. The molecule has 0 amide bonds. The van der Waals surface area contributed by atoms with E-state index in [2.05, 4.69) is 16.7 Å². The number of ether oxygens (including phenoxy) is 2. The van der Waals surface area contributed by atoms with Crippen LogP contribution in [0, 0.1) is 0 Å². The van der Waals surface area contributed by atoms with Crippen LogP contribution in [0.5, 0.6) is 0 Å². The van der Waals surface area contributed by atoms with Gasteiger partial charge in [0.05, 0.1) is 29.4 Å². The molecule has 1 aromatic rings. The van der Waals surface area contributed by atoms with Crippen molar-refractivity contribution in [1.82, 2.24) is 9.21 Å². The molecule has 32 heavy (non-hydrogen) atoms. The first-order valence-electron chi connectivity index (χ1n) is 11.9. The van der Waals surface area contributed by atoms with Gasteiger partial charge in [0.2, 0.25) is 10.0 Å². The van der Waals surface area contributed by atoms with E-state index in [4.69, 9.17) is 9.47 Å². The predicted octanol–water partition coefficient (Wildman–Crippen LogP) is 2.34. The number of carbonyl (C=O) groups is 1. The number of morpholine rings is 1. The molecule has 1 aromatic carbocycles. The largest absolute Gasteiger partial charge is 0.457 e. The van der Waals surface area contributed by atoms with Crippen molar-refractivity contribution < 1.29 is 22.7 Å². The molecular weight excluding hydrogens is 430 g/mol. The topological polar surface area (TPSA) is 79.4 Å². The summed E-state index contributed by atoms with van der Waals surface area (Å²) in [5.74, 6) is -0.440. The van der Waals surface area contributed by atoms with E-state index in [0.29, 0.717) is 45.0 Å². The molecule has 0 saturated carbocycles. The van der Waals surface area contributed by atoms with Crippen LogP contribution in [-0.4, -0.2) is 88.7 Å². The van der Waals surface area contributed by atoms with Gasteiger partial charge in [-0.25, -0.2) is 13.2 Å². The van der Waals surface area contributed by atoms with Gasteiger partial charge >= 0.3 is 5.97 Å². The fraction of sp³-hybridized carbons (Fsp3) is 0.696. The molecule has 0 radical (unpaired) electrons. The van der Waals surface area contributed by atoms with Gasteiger partial charge in [0.15, 0.2) is 0 Å². The monoisotopic (exact) mass is 465 g/mol. The van der Waals surface area contributed by atoms with Crippen LogP contribution in [0.25, 0.3) is 0 Å². The van der Waals surface area contributed by atoms with E-state index < -0.39 is 16.0 Å². The molecule has 0 N–H and O–H groups in total. The second-order valence-corrected chi connectivity index (χ2v) is 10.7. The molecular formula is C23H35N3O5S. The SMILES string of the molecule is CCN1CCCC(OC(=O)c2cc(S(=O)(=O)N3CCCCC3)ccc2N2CCOCC2)C1. The minimum atomic E-state index is -3.64. The lowest BCUT2D eigenvalue weighted by Gasteiger charge is -2.33. The number of benzene rings is 1. The number of esters is 1. The van der Waals surface area contributed by atoms with Gasteiger partial charge in [-0.15, -0.1) is 0 Å². The lowest BCUT2D eigenvalue weighted by molar-refractivity contribution is 0.00774. The summed E-state index contributed by atoms with van der Waals surface area (Å²) in [6, 6.07) is 4.92. The van der Waals surface area contributed by atoms with Gasteiger partial charge in [-0.1, -0.05) is 13.3 Å². The maximum absolute atomic E-state index is 13.3. The zero-order valence-electron chi connectivity index (χ0n) is 19.0. The van der Waals surface area contributed by atoms with Crippen LogP contribution < -0.4 is 4.90 Å². The number of hydrogen-bond donors (Lipinski definition) is 0. The Kier molecular flexibility index (Phi) is 7.70. The summed E-state index contributed by atoms with van der Waals surface area (Å²) in [7, 11) is -3.64. The maximum Gasteiger partial charge on any atom is 0.340 e. The van der Waals surface area contributed by atoms with Crippen molar-refractivity contribution in [2.45, 2.75) is 50.0 Å². The Hall–Kier alpha value is -1.68. The number of anilines is 1.